The number of hydrogen-bond donors (Lipinski definition) is 2. The molecule has 0 spiro atoms. The fourth-order valence-corrected chi connectivity index (χ4v) is 4.64. The first kappa shape index (κ1) is 21.1. The van der Waals surface area contributed by atoms with Crippen molar-refractivity contribution in [3.8, 4) is 0 Å². The highest BCUT2D eigenvalue weighted by Crippen LogP contribution is 2.29. The molecule has 160 valence electrons. The Morgan fingerprint density at radius 2 is 1.74 bits per heavy atom. The van der Waals surface area contributed by atoms with Gasteiger partial charge in [0.05, 0.1) is 0 Å². The lowest BCUT2D eigenvalue weighted by Gasteiger charge is -2.16. The average molecular weight is 437 g/mol. The van der Waals surface area contributed by atoms with E-state index in [0.29, 0.717) is 17.8 Å². The number of thioether (sulfide) groups is 1. The van der Waals surface area contributed by atoms with Crippen LogP contribution in [0, 0.1) is 0 Å². The van der Waals surface area contributed by atoms with E-state index in [1.165, 1.54) is 11.8 Å². The van der Waals surface area contributed by atoms with Crippen LogP contribution in [0.4, 0.5) is 5.69 Å². The number of nitrogens with zero attached hydrogens (tertiary/aromatic N) is 2. The summed E-state index contributed by atoms with van der Waals surface area (Å²) in [4.78, 5) is 43.1. The van der Waals surface area contributed by atoms with Crippen molar-refractivity contribution in [2.75, 3.05) is 18.4 Å². The number of hydrogen-bond acceptors (Lipinski definition) is 5. The monoisotopic (exact) mass is 436 g/mol. The number of carbonyl (C=O) groups is 3. The van der Waals surface area contributed by atoms with Crippen molar-refractivity contribution in [3.05, 3.63) is 65.7 Å². The van der Waals surface area contributed by atoms with E-state index in [9.17, 15) is 14.4 Å². The summed E-state index contributed by atoms with van der Waals surface area (Å²) in [6.45, 7) is 2.29. The van der Waals surface area contributed by atoms with E-state index in [2.05, 4.69) is 20.5 Å². The number of aliphatic imine (C=N–C) groups is 1. The molecule has 2 aromatic rings. The summed E-state index contributed by atoms with van der Waals surface area (Å²) in [6.07, 6.45) is 2.29. The Kier molecular flexibility index (Phi) is 6.66. The van der Waals surface area contributed by atoms with Gasteiger partial charge in [-0.1, -0.05) is 42.1 Å². The fraction of sp³-hybridized carbons (Fsp3) is 0.304. The largest absolute Gasteiger partial charge is 0.351 e. The molecule has 8 heteroatoms. The van der Waals surface area contributed by atoms with Gasteiger partial charge in [-0.3, -0.25) is 14.4 Å². The normalized spacial score (nSPS) is 18.1. The van der Waals surface area contributed by atoms with Crippen LogP contribution in [0.2, 0.25) is 0 Å². The second kappa shape index (κ2) is 9.78. The van der Waals surface area contributed by atoms with Gasteiger partial charge in [-0.2, -0.15) is 4.99 Å². The second-order valence-electron chi connectivity index (χ2n) is 7.53. The van der Waals surface area contributed by atoms with Crippen molar-refractivity contribution in [1.82, 2.24) is 10.2 Å². The predicted octanol–water partition coefficient (Wildman–Crippen LogP) is 3.04. The zero-order valence-corrected chi connectivity index (χ0v) is 17.9. The fourth-order valence-electron chi connectivity index (χ4n) is 3.52. The highest BCUT2D eigenvalue weighted by molar-refractivity contribution is 8.15. The van der Waals surface area contributed by atoms with E-state index < -0.39 is 5.25 Å². The molecule has 1 saturated heterocycles. The van der Waals surface area contributed by atoms with E-state index >= 15 is 0 Å². The maximum Gasteiger partial charge on any atom is 0.262 e. The Bertz CT molecular complexity index is 986. The van der Waals surface area contributed by atoms with Crippen LogP contribution < -0.4 is 10.6 Å². The maximum absolute atomic E-state index is 12.4. The van der Waals surface area contributed by atoms with Gasteiger partial charge in [-0.25, -0.2) is 0 Å². The van der Waals surface area contributed by atoms with E-state index in [-0.39, 0.29) is 24.1 Å². The minimum Gasteiger partial charge on any atom is -0.351 e. The summed E-state index contributed by atoms with van der Waals surface area (Å²) in [6, 6.07) is 16.4. The van der Waals surface area contributed by atoms with Crippen molar-refractivity contribution in [2.24, 2.45) is 4.99 Å². The molecule has 2 heterocycles. The molecule has 2 N–H and O–H groups in total. The van der Waals surface area contributed by atoms with E-state index in [0.717, 1.165) is 36.7 Å². The molecule has 0 aromatic heterocycles. The summed E-state index contributed by atoms with van der Waals surface area (Å²) < 4.78 is 0. The molecule has 1 atom stereocenters. The van der Waals surface area contributed by atoms with Crippen LogP contribution in [0.3, 0.4) is 0 Å². The third-order valence-corrected chi connectivity index (χ3v) is 6.42. The molecule has 2 aromatic carbocycles. The summed E-state index contributed by atoms with van der Waals surface area (Å²) in [5.41, 5.74) is 2.12. The lowest BCUT2D eigenvalue weighted by molar-refractivity contribution is -0.121. The topological polar surface area (TPSA) is 90.9 Å². The van der Waals surface area contributed by atoms with Gasteiger partial charge in [0.1, 0.15) is 5.25 Å². The number of benzene rings is 2. The molecule has 2 aliphatic heterocycles. The lowest BCUT2D eigenvalue weighted by atomic mass is 10.1. The predicted molar refractivity (Wildman–Crippen MR) is 122 cm³/mol. The number of likely N-dealkylation sites (tertiary alicyclic amines) is 1. The molecule has 4 rings (SSSR count). The van der Waals surface area contributed by atoms with Gasteiger partial charge in [-0.15, -0.1) is 0 Å². The standard InChI is InChI=1S/C23H24N4O3S/c28-20(14-19-22(30)26-23(31-19)27-12-4-5-13-27)25-18-10-8-17(9-11-18)21(29)24-15-16-6-2-1-3-7-16/h1-3,6-11,19H,4-5,12-15H2,(H,24,29)(H,25,28)/t19-/m0/s1. The average Bonchev–Trinajstić information content (AvgIpc) is 3.44. The molecule has 7 nitrogen and oxygen atoms in total. The van der Waals surface area contributed by atoms with Gasteiger partial charge >= 0.3 is 0 Å². The number of carbonyl (C=O) groups excluding carboxylic acids is 3. The zero-order valence-electron chi connectivity index (χ0n) is 17.0. The molecule has 3 amide bonds. The first-order valence-electron chi connectivity index (χ1n) is 10.3. The van der Waals surface area contributed by atoms with Gasteiger partial charge < -0.3 is 15.5 Å². The Balaban J connectivity index is 1.25. The van der Waals surface area contributed by atoms with Crippen molar-refractivity contribution >= 4 is 40.3 Å². The first-order chi connectivity index (χ1) is 15.1. The first-order valence-corrected chi connectivity index (χ1v) is 11.2. The third-order valence-electron chi connectivity index (χ3n) is 5.20. The summed E-state index contributed by atoms with van der Waals surface area (Å²) in [7, 11) is 0. The second-order valence-corrected chi connectivity index (χ2v) is 8.70. The van der Waals surface area contributed by atoms with Crippen molar-refractivity contribution in [3.63, 3.8) is 0 Å². The van der Waals surface area contributed by atoms with Crippen molar-refractivity contribution in [2.45, 2.75) is 31.1 Å². The highest BCUT2D eigenvalue weighted by atomic mass is 32.2. The quantitative estimate of drug-likeness (QED) is 0.726. The van der Waals surface area contributed by atoms with Gasteiger partial charge in [-0.05, 0) is 42.7 Å². The van der Waals surface area contributed by atoms with Crippen LogP contribution in [0.5, 0.6) is 0 Å². The van der Waals surface area contributed by atoms with E-state index in [1.807, 2.05) is 30.3 Å². The van der Waals surface area contributed by atoms with Gasteiger partial charge in [0, 0.05) is 37.3 Å². The molecule has 0 aliphatic carbocycles. The number of anilines is 1. The number of amidine groups is 1. The van der Waals surface area contributed by atoms with Gasteiger partial charge in [0.25, 0.3) is 11.8 Å². The van der Waals surface area contributed by atoms with Gasteiger partial charge in [0.2, 0.25) is 5.91 Å². The van der Waals surface area contributed by atoms with Crippen LogP contribution in [0.1, 0.15) is 35.2 Å². The van der Waals surface area contributed by atoms with Crippen LogP contribution >= 0.6 is 11.8 Å². The van der Waals surface area contributed by atoms with Gasteiger partial charge in [0.15, 0.2) is 5.17 Å². The molecular weight excluding hydrogens is 412 g/mol. The molecule has 31 heavy (non-hydrogen) atoms. The smallest absolute Gasteiger partial charge is 0.262 e. The van der Waals surface area contributed by atoms with Crippen LogP contribution in [-0.4, -0.2) is 46.1 Å². The molecule has 1 fully saturated rings. The Morgan fingerprint density at radius 1 is 1.03 bits per heavy atom. The molecule has 0 radical (unpaired) electrons. The summed E-state index contributed by atoms with van der Waals surface area (Å²) in [5, 5.41) is 5.94. The number of amides is 3. The summed E-state index contributed by atoms with van der Waals surface area (Å²) >= 11 is 1.38. The minimum absolute atomic E-state index is 0.0731. The molecular formula is C23H24N4O3S. The van der Waals surface area contributed by atoms with Crippen molar-refractivity contribution in [1.29, 1.82) is 0 Å². The molecule has 0 unspecified atom stereocenters. The third kappa shape index (κ3) is 5.52. The van der Waals surface area contributed by atoms with E-state index in [1.54, 1.807) is 24.3 Å². The van der Waals surface area contributed by atoms with E-state index in [4.69, 9.17) is 0 Å². The molecule has 0 saturated carbocycles. The Hall–Kier alpha value is -3.13. The van der Waals surface area contributed by atoms with Crippen LogP contribution in [-0.2, 0) is 16.1 Å². The molecule has 2 aliphatic rings. The van der Waals surface area contributed by atoms with Crippen molar-refractivity contribution < 1.29 is 14.4 Å². The highest BCUT2D eigenvalue weighted by Gasteiger charge is 2.33. The van der Waals surface area contributed by atoms with Crippen LogP contribution in [0.15, 0.2) is 59.6 Å². The summed E-state index contributed by atoms with van der Waals surface area (Å²) in [5.74, 6) is -0.668. The number of nitrogens with one attached hydrogen (secondary N) is 2. The SMILES string of the molecule is O=C(C[C@@H]1SC(N2CCCC2)=NC1=O)Nc1ccc(C(=O)NCc2ccccc2)cc1. The maximum atomic E-state index is 12.4. The molecule has 0 bridgehead atoms. The lowest BCUT2D eigenvalue weighted by Crippen LogP contribution is -2.25. The van der Waals surface area contributed by atoms with Crippen LogP contribution in [0.25, 0.3) is 0 Å². The number of rotatable bonds is 6. The Labute approximate surface area is 185 Å². The Morgan fingerprint density at radius 3 is 2.45 bits per heavy atom. The minimum atomic E-state index is -0.473. The zero-order chi connectivity index (χ0) is 21.6.